The number of hydrogen-bond donors (Lipinski definition) is 2. The van der Waals surface area contributed by atoms with Crippen LogP contribution in [0.15, 0.2) is 54.6 Å². The highest BCUT2D eigenvalue weighted by Crippen LogP contribution is 2.37. The lowest BCUT2D eigenvalue weighted by atomic mass is 10.1. The average molecular weight is 386 g/mol. The van der Waals surface area contributed by atoms with Gasteiger partial charge in [0, 0.05) is 0 Å². The van der Waals surface area contributed by atoms with Gasteiger partial charge in [-0.3, -0.25) is 15.0 Å². The lowest BCUT2D eigenvalue weighted by Gasteiger charge is -2.26. The second-order valence-corrected chi connectivity index (χ2v) is 6.90. The quantitative estimate of drug-likeness (QED) is 0.761. The van der Waals surface area contributed by atoms with Crippen LogP contribution in [0.1, 0.15) is 33.0 Å². The van der Waals surface area contributed by atoms with Crippen LogP contribution in [0.4, 0.5) is 0 Å². The molecule has 2 atom stereocenters. The average Bonchev–Trinajstić information content (AvgIpc) is 3.07. The summed E-state index contributed by atoms with van der Waals surface area (Å²) >= 11 is 1.35. The van der Waals surface area contributed by atoms with E-state index in [1.54, 1.807) is 54.6 Å². The summed E-state index contributed by atoms with van der Waals surface area (Å²) in [5.74, 6) is -1.21. The number of aliphatic hydroxyl groups is 1. The summed E-state index contributed by atoms with van der Waals surface area (Å²) in [4.78, 5) is 36.1. The van der Waals surface area contributed by atoms with Crippen LogP contribution in [0.5, 0.6) is 0 Å². The van der Waals surface area contributed by atoms with E-state index in [9.17, 15) is 19.5 Å². The number of thioether (sulfide) groups is 1. The van der Waals surface area contributed by atoms with E-state index in [0.29, 0.717) is 11.1 Å². The molecule has 2 N–H and O–H groups in total. The third kappa shape index (κ3) is 4.12. The molecule has 1 aliphatic rings. The summed E-state index contributed by atoms with van der Waals surface area (Å²) < 4.78 is 4.67. The predicted molar refractivity (Wildman–Crippen MR) is 99.4 cm³/mol. The molecule has 0 spiro atoms. The van der Waals surface area contributed by atoms with Gasteiger partial charge in [0.25, 0.3) is 11.8 Å². The SMILES string of the molecule is COC(=O)c1ccc(C2SCC(=O)N2NC(=O)C(O)c2ccccc2)cc1. The van der Waals surface area contributed by atoms with Crippen molar-refractivity contribution in [2.75, 3.05) is 12.9 Å². The number of benzene rings is 2. The Balaban J connectivity index is 1.74. The maximum atomic E-state index is 12.4. The zero-order valence-corrected chi connectivity index (χ0v) is 15.3. The molecular formula is C19H18N2O5S. The van der Waals surface area contributed by atoms with Gasteiger partial charge < -0.3 is 9.84 Å². The van der Waals surface area contributed by atoms with E-state index in [2.05, 4.69) is 10.2 Å². The van der Waals surface area contributed by atoms with E-state index in [-0.39, 0.29) is 11.7 Å². The maximum absolute atomic E-state index is 12.4. The summed E-state index contributed by atoms with van der Waals surface area (Å²) in [6.45, 7) is 0. The molecule has 1 aliphatic heterocycles. The molecule has 0 aromatic heterocycles. The van der Waals surface area contributed by atoms with E-state index in [1.807, 2.05) is 0 Å². The number of ether oxygens (including phenoxy) is 1. The van der Waals surface area contributed by atoms with Crippen molar-refractivity contribution in [3.05, 3.63) is 71.3 Å². The second-order valence-electron chi connectivity index (χ2n) is 5.83. The minimum atomic E-state index is -1.38. The highest BCUT2D eigenvalue weighted by atomic mass is 32.2. The number of nitrogens with one attached hydrogen (secondary N) is 1. The van der Waals surface area contributed by atoms with Gasteiger partial charge in [-0.1, -0.05) is 42.5 Å². The first-order valence-electron chi connectivity index (χ1n) is 8.16. The van der Waals surface area contributed by atoms with Crippen molar-refractivity contribution >= 4 is 29.5 Å². The molecule has 2 aromatic rings. The fraction of sp³-hybridized carbons (Fsp3) is 0.211. The first-order valence-corrected chi connectivity index (χ1v) is 9.21. The molecule has 2 unspecified atom stereocenters. The molecule has 0 bridgehead atoms. The molecule has 27 heavy (non-hydrogen) atoms. The van der Waals surface area contributed by atoms with Crippen LogP contribution in [-0.2, 0) is 14.3 Å². The van der Waals surface area contributed by atoms with Crippen LogP contribution in [0, 0.1) is 0 Å². The van der Waals surface area contributed by atoms with E-state index in [4.69, 9.17) is 0 Å². The largest absolute Gasteiger partial charge is 0.465 e. The molecule has 3 rings (SSSR count). The number of carbonyl (C=O) groups is 3. The van der Waals surface area contributed by atoms with Crippen molar-refractivity contribution in [2.24, 2.45) is 0 Å². The van der Waals surface area contributed by atoms with Crippen LogP contribution in [0.2, 0.25) is 0 Å². The van der Waals surface area contributed by atoms with Crippen LogP contribution in [0.25, 0.3) is 0 Å². The third-order valence-corrected chi connectivity index (χ3v) is 5.29. The van der Waals surface area contributed by atoms with Gasteiger partial charge in [-0.05, 0) is 23.3 Å². The molecule has 0 aliphatic carbocycles. The van der Waals surface area contributed by atoms with Gasteiger partial charge in [0.15, 0.2) is 6.10 Å². The van der Waals surface area contributed by atoms with E-state index >= 15 is 0 Å². The molecule has 0 saturated carbocycles. The van der Waals surface area contributed by atoms with Crippen molar-refractivity contribution in [3.8, 4) is 0 Å². The number of hydrogen-bond acceptors (Lipinski definition) is 6. The fourth-order valence-corrected chi connectivity index (χ4v) is 3.77. The third-order valence-electron chi connectivity index (χ3n) is 4.08. The molecule has 0 radical (unpaired) electrons. The van der Waals surface area contributed by atoms with Gasteiger partial charge in [0.1, 0.15) is 5.37 Å². The monoisotopic (exact) mass is 386 g/mol. The molecule has 7 nitrogen and oxygen atoms in total. The highest BCUT2D eigenvalue weighted by molar-refractivity contribution is 8.00. The smallest absolute Gasteiger partial charge is 0.337 e. The number of methoxy groups -OCH3 is 1. The van der Waals surface area contributed by atoms with Gasteiger partial charge in [0.05, 0.1) is 18.4 Å². The van der Waals surface area contributed by atoms with Gasteiger partial charge in [-0.15, -0.1) is 11.8 Å². The minimum absolute atomic E-state index is 0.200. The Morgan fingerprint density at radius 1 is 1.19 bits per heavy atom. The number of esters is 1. The van der Waals surface area contributed by atoms with Crippen LogP contribution >= 0.6 is 11.8 Å². The molecule has 2 amide bonds. The number of rotatable bonds is 5. The highest BCUT2D eigenvalue weighted by Gasteiger charge is 2.35. The van der Waals surface area contributed by atoms with Gasteiger partial charge in [-0.2, -0.15) is 0 Å². The topological polar surface area (TPSA) is 95.9 Å². The number of hydrazine groups is 1. The van der Waals surface area contributed by atoms with Crippen molar-refractivity contribution in [2.45, 2.75) is 11.5 Å². The first-order chi connectivity index (χ1) is 13.0. The summed E-state index contributed by atoms with van der Waals surface area (Å²) in [7, 11) is 1.30. The number of carbonyl (C=O) groups excluding carboxylic acids is 3. The Morgan fingerprint density at radius 2 is 1.85 bits per heavy atom. The summed E-state index contributed by atoms with van der Waals surface area (Å²) in [5.41, 5.74) is 4.08. The zero-order valence-electron chi connectivity index (χ0n) is 14.5. The Kier molecular flexibility index (Phi) is 5.78. The summed E-state index contributed by atoms with van der Waals surface area (Å²) in [6.07, 6.45) is -1.38. The second kappa shape index (κ2) is 8.24. The number of nitrogens with zero attached hydrogens (tertiary/aromatic N) is 1. The standard InChI is InChI=1S/C19H18N2O5S/c1-26-19(25)14-9-7-13(8-10-14)18-21(15(22)11-27-18)20-17(24)16(23)12-5-3-2-4-6-12/h2-10,16,18,23H,11H2,1H3,(H,20,24). The van der Waals surface area contributed by atoms with Crippen LogP contribution < -0.4 is 5.43 Å². The molecule has 8 heteroatoms. The van der Waals surface area contributed by atoms with Gasteiger partial charge in [0.2, 0.25) is 0 Å². The van der Waals surface area contributed by atoms with Gasteiger partial charge >= 0.3 is 5.97 Å². The van der Waals surface area contributed by atoms with E-state index in [0.717, 1.165) is 5.56 Å². The number of amides is 2. The van der Waals surface area contributed by atoms with E-state index < -0.39 is 23.4 Å². The molecule has 1 fully saturated rings. The Hall–Kier alpha value is -2.84. The number of aliphatic hydroxyl groups excluding tert-OH is 1. The zero-order chi connectivity index (χ0) is 19.4. The summed E-state index contributed by atoms with van der Waals surface area (Å²) in [6, 6.07) is 15.1. The molecule has 1 saturated heterocycles. The van der Waals surface area contributed by atoms with Crippen molar-refractivity contribution in [1.82, 2.24) is 10.4 Å². The van der Waals surface area contributed by atoms with Crippen molar-refractivity contribution < 1.29 is 24.2 Å². The minimum Gasteiger partial charge on any atom is -0.465 e. The normalized spacial score (nSPS) is 17.5. The van der Waals surface area contributed by atoms with E-state index in [1.165, 1.54) is 23.9 Å². The Labute approximate surface area is 160 Å². The first kappa shape index (κ1) is 18.9. The fourth-order valence-electron chi connectivity index (χ4n) is 2.66. The molecule has 1 heterocycles. The van der Waals surface area contributed by atoms with Crippen LogP contribution in [0.3, 0.4) is 0 Å². The van der Waals surface area contributed by atoms with Crippen molar-refractivity contribution in [3.63, 3.8) is 0 Å². The lowest BCUT2D eigenvalue weighted by molar-refractivity contribution is -0.144. The predicted octanol–water partition coefficient (Wildman–Crippen LogP) is 1.81. The Bertz CT molecular complexity index is 841. The van der Waals surface area contributed by atoms with Crippen molar-refractivity contribution in [1.29, 1.82) is 0 Å². The Morgan fingerprint density at radius 3 is 2.48 bits per heavy atom. The molecular weight excluding hydrogens is 368 g/mol. The molecule has 140 valence electrons. The maximum Gasteiger partial charge on any atom is 0.337 e. The summed E-state index contributed by atoms with van der Waals surface area (Å²) in [5, 5.41) is 11.0. The van der Waals surface area contributed by atoms with Gasteiger partial charge in [-0.25, -0.2) is 9.80 Å². The lowest BCUT2D eigenvalue weighted by Crippen LogP contribution is -2.46. The molecule has 2 aromatic carbocycles. The van der Waals surface area contributed by atoms with Crippen LogP contribution in [-0.4, -0.2) is 40.8 Å².